The first kappa shape index (κ1) is 17.7. The molecule has 1 aromatic carbocycles. The van der Waals surface area contributed by atoms with E-state index in [4.69, 9.17) is 26.3 Å². The van der Waals surface area contributed by atoms with Crippen molar-refractivity contribution in [3.8, 4) is 11.3 Å². The smallest absolute Gasteiger partial charge is 0.226 e. The molecule has 0 aliphatic carbocycles. The number of hydrogen-bond acceptors (Lipinski definition) is 5. The quantitative estimate of drug-likeness (QED) is 0.878. The van der Waals surface area contributed by atoms with Crippen LogP contribution < -0.4 is 10.2 Å². The number of rotatable bonds is 2. The van der Waals surface area contributed by atoms with Gasteiger partial charge in [0.05, 0.1) is 30.6 Å². The first-order valence-corrected chi connectivity index (χ1v) is 9.72. The molecule has 0 amide bonds. The Kier molecular flexibility index (Phi) is 5.11. The summed E-state index contributed by atoms with van der Waals surface area (Å²) < 4.78 is 5.59. The summed E-state index contributed by atoms with van der Waals surface area (Å²) in [4.78, 5) is 12.2. The van der Waals surface area contributed by atoms with Crippen molar-refractivity contribution < 1.29 is 4.74 Å². The van der Waals surface area contributed by atoms with Gasteiger partial charge in [0.25, 0.3) is 0 Å². The lowest BCUT2D eigenvalue weighted by atomic mass is 10.00. The van der Waals surface area contributed by atoms with Gasteiger partial charge in [-0.25, -0.2) is 9.97 Å². The third kappa shape index (κ3) is 3.43. The predicted octanol–water partition coefficient (Wildman–Crippen LogP) is 3.02. The maximum atomic E-state index is 6.41. The van der Waals surface area contributed by atoms with Gasteiger partial charge in [-0.15, -0.1) is 0 Å². The van der Waals surface area contributed by atoms with Gasteiger partial charge in [0, 0.05) is 35.7 Å². The fourth-order valence-electron chi connectivity index (χ4n) is 3.66. The number of benzene rings is 1. The fourth-order valence-corrected chi connectivity index (χ4v) is 3.84. The van der Waals surface area contributed by atoms with E-state index in [1.165, 1.54) is 5.56 Å². The third-order valence-corrected chi connectivity index (χ3v) is 5.65. The highest BCUT2D eigenvalue weighted by Gasteiger charge is 2.25. The molecule has 0 unspecified atom stereocenters. The minimum Gasteiger partial charge on any atom is -0.377 e. The normalized spacial score (nSPS) is 20.6. The summed E-state index contributed by atoms with van der Waals surface area (Å²) in [7, 11) is 0. The molecular weight excluding hydrogens is 348 g/mol. The van der Waals surface area contributed by atoms with Gasteiger partial charge in [-0.2, -0.15) is 0 Å². The average molecular weight is 373 g/mol. The number of anilines is 1. The molecule has 1 saturated heterocycles. The van der Waals surface area contributed by atoms with E-state index in [1.54, 1.807) is 0 Å². The molecule has 138 valence electrons. The van der Waals surface area contributed by atoms with Crippen molar-refractivity contribution in [3.63, 3.8) is 0 Å². The van der Waals surface area contributed by atoms with Gasteiger partial charge >= 0.3 is 0 Å². The molecule has 0 saturated carbocycles. The highest BCUT2D eigenvalue weighted by Crippen LogP contribution is 2.31. The zero-order valence-electron chi connectivity index (χ0n) is 15.4. The molecule has 4 rings (SSSR count). The van der Waals surface area contributed by atoms with Crippen LogP contribution in [0.15, 0.2) is 18.2 Å². The summed E-state index contributed by atoms with van der Waals surface area (Å²) in [5.41, 5.74) is 5.59. The Labute approximate surface area is 159 Å². The highest BCUT2D eigenvalue weighted by molar-refractivity contribution is 6.31. The van der Waals surface area contributed by atoms with Crippen molar-refractivity contribution in [3.05, 3.63) is 40.0 Å². The van der Waals surface area contributed by atoms with Crippen LogP contribution in [-0.2, 0) is 17.6 Å². The number of hydrogen-bond donors (Lipinski definition) is 1. The van der Waals surface area contributed by atoms with E-state index >= 15 is 0 Å². The lowest BCUT2D eigenvalue weighted by Crippen LogP contribution is -2.44. The Balaban J connectivity index is 1.84. The topological polar surface area (TPSA) is 50.3 Å². The number of fused-ring (bicyclic) bond motifs is 1. The highest BCUT2D eigenvalue weighted by atomic mass is 35.5. The Morgan fingerprint density at radius 3 is 2.88 bits per heavy atom. The number of morpholine rings is 1. The maximum Gasteiger partial charge on any atom is 0.226 e. The first-order valence-electron chi connectivity index (χ1n) is 9.35. The monoisotopic (exact) mass is 372 g/mol. The Bertz CT molecular complexity index is 811. The number of aryl methyl sites for hydroxylation is 1. The molecule has 1 atom stereocenters. The molecule has 0 radical (unpaired) electrons. The third-order valence-electron chi connectivity index (χ3n) is 5.24. The first-order chi connectivity index (χ1) is 12.6. The van der Waals surface area contributed by atoms with Crippen molar-refractivity contribution in [1.29, 1.82) is 0 Å². The van der Waals surface area contributed by atoms with Crippen LogP contribution in [0.1, 0.15) is 23.7 Å². The molecule has 1 aromatic heterocycles. The number of nitrogens with zero attached hydrogens (tertiary/aromatic N) is 3. The van der Waals surface area contributed by atoms with Crippen molar-refractivity contribution in [2.45, 2.75) is 32.7 Å². The molecule has 1 N–H and O–H groups in total. The van der Waals surface area contributed by atoms with Crippen LogP contribution >= 0.6 is 11.6 Å². The van der Waals surface area contributed by atoms with Gasteiger partial charge in [-0.3, -0.25) is 0 Å². The zero-order chi connectivity index (χ0) is 18.1. The van der Waals surface area contributed by atoms with Gasteiger partial charge in [-0.1, -0.05) is 23.7 Å². The second-order valence-electron chi connectivity index (χ2n) is 7.13. The van der Waals surface area contributed by atoms with Crippen molar-refractivity contribution in [2.75, 3.05) is 37.7 Å². The molecule has 2 aromatic rings. The molecule has 3 heterocycles. The number of aromatic nitrogens is 2. The van der Waals surface area contributed by atoms with Gasteiger partial charge in [0.15, 0.2) is 0 Å². The second kappa shape index (κ2) is 7.51. The van der Waals surface area contributed by atoms with E-state index in [-0.39, 0.29) is 6.04 Å². The van der Waals surface area contributed by atoms with Crippen LogP contribution in [0.25, 0.3) is 11.3 Å². The molecule has 26 heavy (non-hydrogen) atoms. The Morgan fingerprint density at radius 2 is 2.08 bits per heavy atom. The standard InChI is InChI=1S/C20H25ClN4O/c1-13-3-4-15(11-17(13)21)19-16-5-7-22-8-6-18(16)23-20(24-19)25-9-10-26-12-14(25)2/h3-4,11,14,22H,5-10,12H2,1-2H3/t14-/m0/s1. The van der Waals surface area contributed by atoms with E-state index < -0.39 is 0 Å². The molecule has 5 nitrogen and oxygen atoms in total. The SMILES string of the molecule is Cc1ccc(-c2nc(N3CCOC[C@@H]3C)nc3c2CCNCC3)cc1Cl. The van der Waals surface area contributed by atoms with Crippen molar-refractivity contribution in [1.82, 2.24) is 15.3 Å². The van der Waals surface area contributed by atoms with Gasteiger partial charge in [0.2, 0.25) is 5.95 Å². The fraction of sp³-hybridized carbons (Fsp3) is 0.500. The minimum atomic E-state index is 0.278. The number of halogens is 1. The zero-order valence-corrected chi connectivity index (χ0v) is 16.1. The van der Waals surface area contributed by atoms with E-state index in [1.807, 2.05) is 13.0 Å². The van der Waals surface area contributed by atoms with Crippen molar-refractivity contribution in [2.24, 2.45) is 0 Å². The van der Waals surface area contributed by atoms with Gasteiger partial charge in [-0.05, 0) is 38.4 Å². The summed E-state index contributed by atoms with van der Waals surface area (Å²) >= 11 is 6.41. The van der Waals surface area contributed by atoms with Crippen LogP contribution in [0.2, 0.25) is 5.02 Å². The van der Waals surface area contributed by atoms with Crippen LogP contribution in [0.3, 0.4) is 0 Å². The largest absolute Gasteiger partial charge is 0.377 e. The maximum absolute atomic E-state index is 6.41. The molecular formula is C20H25ClN4O. The van der Waals surface area contributed by atoms with E-state index in [2.05, 4.69) is 29.3 Å². The molecule has 1 fully saturated rings. The lowest BCUT2D eigenvalue weighted by molar-refractivity contribution is 0.0980. The average Bonchev–Trinajstić information content (AvgIpc) is 2.89. The predicted molar refractivity (Wildman–Crippen MR) is 105 cm³/mol. The Morgan fingerprint density at radius 1 is 1.23 bits per heavy atom. The summed E-state index contributed by atoms with van der Waals surface area (Å²) in [6, 6.07) is 6.50. The molecule has 0 spiro atoms. The van der Waals surface area contributed by atoms with E-state index in [9.17, 15) is 0 Å². The summed E-state index contributed by atoms with van der Waals surface area (Å²) in [5.74, 6) is 0.813. The molecule has 6 heteroatoms. The summed E-state index contributed by atoms with van der Waals surface area (Å²) in [6.07, 6.45) is 1.87. The van der Waals surface area contributed by atoms with Crippen LogP contribution in [0, 0.1) is 6.92 Å². The van der Waals surface area contributed by atoms with Crippen LogP contribution in [0.5, 0.6) is 0 Å². The van der Waals surface area contributed by atoms with Gasteiger partial charge in [0.1, 0.15) is 0 Å². The van der Waals surface area contributed by atoms with E-state index in [0.29, 0.717) is 6.61 Å². The lowest BCUT2D eigenvalue weighted by Gasteiger charge is -2.34. The molecule has 0 bridgehead atoms. The van der Waals surface area contributed by atoms with E-state index in [0.717, 1.165) is 72.6 Å². The summed E-state index contributed by atoms with van der Waals surface area (Å²) in [5, 5.41) is 4.25. The number of ether oxygens (including phenoxy) is 1. The van der Waals surface area contributed by atoms with Crippen molar-refractivity contribution >= 4 is 17.5 Å². The minimum absolute atomic E-state index is 0.278. The van der Waals surface area contributed by atoms with Crippen LogP contribution in [0.4, 0.5) is 5.95 Å². The Hall–Kier alpha value is -1.69. The molecule has 2 aliphatic rings. The molecule has 2 aliphatic heterocycles. The number of nitrogens with one attached hydrogen (secondary N) is 1. The van der Waals surface area contributed by atoms with Gasteiger partial charge < -0.3 is 15.0 Å². The second-order valence-corrected chi connectivity index (χ2v) is 7.54. The summed E-state index contributed by atoms with van der Waals surface area (Å²) in [6.45, 7) is 8.36. The van der Waals surface area contributed by atoms with Crippen LogP contribution in [-0.4, -0.2) is 48.9 Å².